The normalized spacial score (nSPS) is 15.9. The summed E-state index contributed by atoms with van der Waals surface area (Å²) in [6, 6.07) is 16.4. The lowest BCUT2D eigenvalue weighted by Gasteiger charge is -2.34. The highest BCUT2D eigenvalue weighted by atomic mass is 79.9. The van der Waals surface area contributed by atoms with Gasteiger partial charge in [-0.3, -0.25) is 4.79 Å². The van der Waals surface area contributed by atoms with Crippen molar-refractivity contribution >= 4 is 27.5 Å². The molecular formula is C17H16BrNO. The maximum atomic E-state index is 12.4. The lowest BCUT2D eigenvalue weighted by molar-refractivity contribution is -0.119. The zero-order chi connectivity index (χ0) is 14.1. The maximum Gasteiger partial charge on any atom is 0.227 e. The van der Waals surface area contributed by atoms with Crippen molar-refractivity contribution in [2.45, 2.75) is 25.8 Å². The van der Waals surface area contributed by atoms with Gasteiger partial charge in [0.25, 0.3) is 0 Å². The molecule has 0 saturated heterocycles. The molecule has 1 unspecified atom stereocenters. The summed E-state index contributed by atoms with van der Waals surface area (Å²) < 4.78 is 1.07. The highest BCUT2D eigenvalue weighted by molar-refractivity contribution is 9.10. The minimum Gasteiger partial charge on any atom is -0.305 e. The highest BCUT2D eigenvalue weighted by Gasteiger charge is 2.28. The molecule has 0 N–H and O–H groups in total. The van der Waals surface area contributed by atoms with Crippen LogP contribution in [-0.4, -0.2) is 5.91 Å². The Morgan fingerprint density at radius 3 is 2.60 bits per heavy atom. The van der Waals surface area contributed by atoms with Crippen molar-refractivity contribution in [3.05, 3.63) is 64.1 Å². The van der Waals surface area contributed by atoms with Crippen LogP contribution in [-0.2, 0) is 11.2 Å². The van der Waals surface area contributed by atoms with Gasteiger partial charge in [0.05, 0.1) is 6.04 Å². The molecule has 0 aromatic heterocycles. The highest BCUT2D eigenvalue weighted by Crippen LogP contribution is 2.36. The molecule has 0 fully saturated rings. The van der Waals surface area contributed by atoms with Gasteiger partial charge in [-0.1, -0.05) is 46.3 Å². The van der Waals surface area contributed by atoms with Crippen LogP contribution in [0.25, 0.3) is 0 Å². The van der Waals surface area contributed by atoms with E-state index >= 15 is 0 Å². The van der Waals surface area contributed by atoms with Crippen LogP contribution in [0, 0.1) is 0 Å². The second-order valence-corrected chi connectivity index (χ2v) is 6.04. The summed E-state index contributed by atoms with van der Waals surface area (Å²) in [6.07, 6.45) is 1.41. The number of hydrogen-bond donors (Lipinski definition) is 0. The molecule has 1 aliphatic heterocycles. The van der Waals surface area contributed by atoms with Crippen LogP contribution in [0.2, 0.25) is 0 Å². The van der Waals surface area contributed by atoms with Gasteiger partial charge in [-0.2, -0.15) is 0 Å². The van der Waals surface area contributed by atoms with Gasteiger partial charge in [-0.15, -0.1) is 0 Å². The van der Waals surface area contributed by atoms with E-state index in [0.717, 1.165) is 22.1 Å². The number of benzene rings is 2. The molecule has 3 heteroatoms. The molecule has 3 rings (SSSR count). The van der Waals surface area contributed by atoms with E-state index < -0.39 is 0 Å². The Bertz CT molecular complexity index is 639. The Morgan fingerprint density at radius 2 is 1.85 bits per heavy atom. The van der Waals surface area contributed by atoms with E-state index in [1.807, 2.05) is 35.2 Å². The zero-order valence-electron chi connectivity index (χ0n) is 11.3. The van der Waals surface area contributed by atoms with Crippen molar-refractivity contribution < 1.29 is 4.79 Å². The molecular weight excluding hydrogens is 314 g/mol. The molecule has 0 bridgehead atoms. The van der Waals surface area contributed by atoms with Gasteiger partial charge in [0, 0.05) is 16.6 Å². The average molecular weight is 330 g/mol. The Labute approximate surface area is 127 Å². The van der Waals surface area contributed by atoms with E-state index in [-0.39, 0.29) is 11.9 Å². The fourth-order valence-electron chi connectivity index (χ4n) is 2.79. The first-order valence-electron chi connectivity index (χ1n) is 6.82. The summed E-state index contributed by atoms with van der Waals surface area (Å²) in [5, 5.41) is 0. The van der Waals surface area contributed by atoms with Crippen molar-refractivity contribution in [1.82, 2.24) is 0 Å². The third-order valence-electron chi connectivity index (χ3n) is 3.85. The van der Waals surface area contributed by atoms with Crippen molar-refractivity contribution in [2.24, 2.45) is 0 Å². The number of fused-ring (bicyclic) bond motifs is 1. The number of carbonyl (C=O) groups excluding carboxylic acids is 1. The first kappa shape index (κ1) is 13.4. The van der Waals surface area contributed by atoms with Crippen LogP contribution in [0.5, 0.6) is 0 Å². The number of hydrogen-bond acceptors (Lipinski definition) is 1. The molecule has 2 aromatic rings. The lowest BCUT2D eigenvalue weighted by Crippen LogP contribution is -2.37. The number of anilines is 1. The van der Waals surface area contributed by atoms with Crippen molar-refractivity contribution in [2.75, 3.05) is 4.90 Å². The Hall–Kier alpha value is -1.61. The molecule has 1 amide bonds. The number of nitrogens with zero attached hydrogens (tertiary/aromatic N) is 1. The summed E-state index contributed by atoms with van der Waals surface area (Å²) in [5.74, 6) is 0.205. The van der Waals surface area contributed by atoms with Crippen LogP contribution in [0.1, 0.15) is 30.5 Å². The monoisotopic (exact) mass is 329 g/mol. The molecule has 20 heavy (non-hydrogen) atoms. The second-order valence-electron chi connectivity index (χ2n) is 5.12. The minimum atomic E-state index is 0.0592. The van der Waals surface area contributed by atoms with Crippen molar-refractivity contribution in [3.63, 3.8) is 0 Å². The van der Waals surface area contributed by atoms with Gasteiger partial charge >= 0.3 is 0 Å². The second kappa shape index (κ2) is 5.41. The zero-order valence-corrected chi connectivity index (χ0v) is 12.9. The molecule has 1 heterocycles. The topological polar surface area (TPSA) is 20.3 Å². The van der Waals surface area contributed by atoms with E-state index in [0.29, 0.717) is 6.42 Å². The number of carbonyl (C=O) groups is 1. The van der Waals surface area contributed by atoms with Gasteiger partial charge in [0.2, 0.25) is 5.91 Å². The van der Waals surface area contributed by atoms with E-state index in [4.69, 9.17) is 0 Å². The first-order valence-corrected chi connectivity index (χ1v) is 7.61. The predicted molar refractivity (Wildman–Crippen MR) is 84.8 cm³/mol. The standard InChI is InChI=1S/C17H16BrNO/c1-12(13-5-3-2-4-6-13)19-16-9-8-15(18)11-14(16)7-10-17(19)20/h2-6,8-9,11-12H,7,10H2,1H3. The molecule has 1 atom stereocenters. The van der Waals surface area contributed by atoms with E-state index in [2.05, 4.69) is 41.1 Å². The number of rotatable bonds is 2. The Kier molecular flexibility index (Phi) is 3.62. The van der Waals surface area contributed by atoms with Crippen LogP contribution in [0.4, 0.5) is 5.69 Å². The summed E-state index contributed by atoms with van der Waals surface area (Å²) >= 11 is 3.50. The Balaban J connectivity index is 2.03. The van der Waals surface area contributed by atoms with Gasteiger partial charge in [-0.25, -0.2) is 0 Å². The minimum absolute atomic E-state index is 0.0592. The van der Waals surface area contributed by atoms with Gasteiger partial charge < -0.3 is 4.90 Å². The third-order valence-corrected chi connectivity index (χ3v) is 4.34. The summed E-state index contributed by atoms with van der Waals surface area (Å²) in [7, 11) is 0. The molecule has 0 spiro atoms. The SMILES string of the molecule is CC(c1ccccc1)N1C(=O)CCc2cc(Br)ccc21. The summed E-state index contributed by atoms with van der Waals surface area (Å²) in [4.78, 5) is 14.3. The predicted octanol–water partition coefficient (Wildman–Crippen LogP) is 4.49. The lowest BCUT2D eigenvalue weighted by atomic mass is 9.97. The summed E-state index contributed by atoms with van der Waals surface area (Å²) in [6.45, 7) is 2.09. The van der Waals surface area contributed by atoms with E-state index in [1.165, 1.54) is 5.56 Å². The van der Waals surface area contributed by atoms with Crippen molar-refractivity contribution in [3.8, 4) is 0 Å². The van der Waals surface area contributed by atoms with Gasteiger partial charge in [0.15, 0.2) is 0 Å². The van der Waals surface area contributed by atoms with Crippen LogP contribution in [0.3, 0.4) is 0 Å². The summed E-state index contributed by atoms with van der Waals surface area (Å²) in [5.41, 5.74) is 3.44. The van der Waals surface area contributed by atoms with E-state index in [1.54, 1.807) is 0 Å². The maximum absolute atomic E-state index is 12.4. The number of halogens is 1. The molecule has 102 valence electrons. The smallest absolute Gasteiger partial charge is 0.227 e. The fourth-order valence-corrected chi connectivity index (χ4v) is 3.20. The molecule has 1 aliphatic rings. The van der Waals surface area contributed by atoms with Gasteiger partial charge in [0.1, 0.15) is 0 Å². The fraction of sp³-hybridized carbons (Fsp3) is 0.235. The largest absolute Gasteiger partial charge is 0.305 e. The molecule has 2 aromatic carbocycles. The van der Waals surface area contributed by atoms with Crippen molar-refractivity contribution in [1.29, 1.82) is 0 Å². The first-order chi connectivity index (χ1) is 9.66. The number of amides is 1. The van der Waals surface area contributed by atoms with E-state index in [9.17, 15) is 4.79 Å². The molecule has 0 radical (unpaired) electrons. The average Bonchev–Trinajstić information content (AvgIpc) is 2.48. The Morgan fingerprint density at radius 1 is 1.10 bits per heavy atom. The molecule has 2 nitrogen and oxygen atoms in total. The molecule has 0 aliphatic carbocycles. The number of aryl methyl sites for hydroxylation is 1. The van der Waals surface area contributed by atoms with Gasteiger partial charge in [-0.05, 0) is 42.7 Å². The van der Waals surface area contributed by atoms with Crippen LogP contribution >= 0.6 is 15.9 Å². The third kappa shape index (κ3) is 2.38. The van der Waals surface area contributed by atoms with Crippen LogP contribution in [0.15, 0.2) is 53.0 Å². The van der Waals surface area contributed by atoms with Crippen LogP contribution < -0.4 is 4.90 Å². The quantitative estimate of drug-likeness (QED) is 0.794. The molecule has 0 saturated carbocycles.